The molecule has 1 aliphatic carbocycles. The van der Waals surface area contributed by atoms with Crippen molar-refractivity contribution in [2.45, 2.75) is 57.8 Å². The SMILES string of the molecule is C=CCCc1ccc2cc(C3CCC(CC)CC3)c(F)c(F)c2c1F. The fourth-order valence-corrected chi connectivity index (χ4v) is 4.07. The maximum absolute atomic E-state index is 14.7. The van der Waals surface area contributed by atoms with Crippen molar-refractivity contribution in [1.82, 2.24) is 0 Å². The summed E-state index contributed by atoms with van der Waals surface area (Å²) in [5, 5.41) is 0.233. The summed E-state index contributed by atoms with van der Waals surface area (Å²) >= 11 is 0. The zero-order valence-electron chi connectivity index (χ0n) is 14.8. The van der Waals surface area contributed by atoms with Gasteiger partial charge in [-0.05, 0) is 72.9 Å². The van der Waals surface area contributed by atoms with Gasteiger partial charge in [0.05, 0.1) is 5.39 Å². The Morgan fingerprint density at radius 3 is 2.40 bits per heavy atom. The summed E-state index contributed by atoms with van der Waals surface area (Å²) in [5.74, 6) is -1.83. The zero-order chi connectivity index (χ0) is 18.0. The molecule has 0 nitrogen and oxygen atoms in total. The van der Waals surface area contributed by atoms with Crippen molar-refractivity contribution in [3.8, 4) is 0 Å². The van der Waals surface area contributed by atoms with Crippen LogP contribution in [0.1, 0.15) is 62.5 Å². The molecule has 134 valence electrons. The van der Waals surface area contributed by atoms with Gasteiger partial charge in [0.1, 0.15) is 5.82 Å². The van der Waals surface area contributed by atoms with Crippen LogP contribution in [0.25, 0.3) is 10.8 Å². The van der Waals surface area contributed by atoms with E-state index in [-0.39, 0.29) is 11.3 Å². The molecule has 1 aliphatic rings. The Bertz CT molecular complexity index is 771. The van der Waals surface area contributed by atoms with Crippen molar-refractivity contribution >= 4 is 10.8 Å². The van der Waals surface area contributed by atoms with Crippen molar-refractivity contribution in [3.05, 3.63) is 59.4 Å². The summed E-state index contributed by atoms with van der Waals surface area (Å²) in [6, 6.07) is 5.04. The van der Waals surface area contributed by atoms with E-state index in [0.717, 1.165) is 32.1 Å². The largest absolute Gasteiger partial charge is 0.206 e. The molecule has 0 unspecified atom stereocenters. The van der Waals surface area contributed by atoms with Crippen molar-refractivity contribution in [2.75, 3.05) is 0 Å². The number of rotatable bonds is 5. The van der Waals surface area contributed by atoms with Crippen LogP contribution in [0.2, 0.25) is 0 Å². The summed E-state index contributed by atoms with van der Waals surface area (Å²) in [6.07, 6.45) is 7.72. The predicted molar refractivity (Wildman–Crippen MR) is 97.3 cm³/mol. The molecular formula is C22H25F3. The Morgan fingerprint density at radius 1 is 1.04 bits per heavy atom. The molecular weight excluding hydrogens is 321 g/mol. The third-order valence-electron chi connectivity index (χ3n) is 5.71. The molecule has 3 rings (SSSR count). The highest BCUT2D eigenvalue weighted by Crippen LogP contribution is 2.40. The van der Waals surface area contributed by atoms with Crippen LogP contribution in [0.15, 0.2) is 30.9 Å². The van der Waals surface area contributed by atoms with E-state index < -0.39 is 17.5 Å². The lowest BCUT2D eigenvalue weighted by Gasteiger charge is -2.28. The molecule has 0 aliphatic heterocycles. The number of aryl methyl sites for hydroxylation is 1. The molecule has 0 N–H and O–H groups in total. The summed E-state index contributed by atoms with van der Waals surface area (Å²) in [7, 11) is 0. The average molecular weight is 346 g/mol. The Morgan fingerprint density at radius 2 is 1.76 bits per heavy atom. The molecule has 0 atom stereocenters. The van der Waals surface area contributed by atoms with Gasteiger partial charge in [0.25, 0.3) is 0 Å². The second-order valence-corrected chi connectivity index (χ2v) is 7.18. The van der Waals surface area contributed by atoms with Crippen molar-refractivity contribution < 1.29 is 13.2 Å². The van der Waals surface area contributed by atoms with Crippen molar-refractivity contribution in [2.24, 2.45) is 5.92 Å². The summed E-state index contributed by atoms with van der Waals surface area (Å²) < 4.78 is 44.0. The minimum Gasteiger partial charge on any atom is -0.206 e. The van der Waals surface area contributed by atoms with Crippen LogP contribution >= 0.6 is 0 Å². The smallest absolute Gasteiger partial charge is 0.169 e. The Balaban J connectivity index is 2.00. The number of halogens is 3. The van der Waals surface area contributed by atoms with E-state index in [1.807, 2.05) is 0 Å². The highest BCUT2D eigenvalue weighted by atomic mass is 19.2. The molecule has 2 aromatic carbocycles. The monoisotopic (exact) mass is 346 g/mol. The van der Waals surface area contributed by atoms with Gasteiger partial charge in [-0.15, -0.1) is 6.58 Å². The molecule has 0 spiro atoms. The number of fused-ring (bicyclic) bond motifs is 1. The molecule has 0 heterocycles. The Kier molecular flexibility index (Phi) is 5.51. The van der Waals surface area contributed by atoms with E-state index >= 15 is 0 Å². The molecule has 0 aromatic heterocycles. The van der Waals surface area contributed by atoms with Gasteiger partial charge in [0.2, 0.25) is 0 Å². The van der Waals surface area contributed by atoms with Crippen LogP contribution in [0.5, 0.6) is 0 Å². The van der Waals surface area contributed by atoms with Crippen LogP contribution in [0, 0.1) is 23.4 Å². The summed E-state index contributed by atoms with van der Waals surface area (Å²) in [5.41, 5.74) is 0.819. The minimum absolute atomic E-state index is 0.0326. The maximum atomic E-state index is 14.7. The van der Waals surface area contributed by atoms with E-state index in [0.29, 0.717) is 35.3 Å². The normalized spacial score (nSPS) is 20.8. The molecule has 1 fully saturated rings. The molecule has 0 saturated heterocycles. The van der Waals surface area contributed by atoms with Gasteiger partial charge in [-0.25, -0.2) is 13.2 Å². The highest BCUT2D eigenvalue weighted by Gasteiger charge is 2.27. The van der Waals surface area contributed by atoms with Gasteiger partial charge >= 0.3 is 0 Å². The predicted octanol–water partition coefficient (Wildman–Crippen LogP) is 7.06. The van der Waals surface area contributed by atoms with Crippen LogP contribution in [0.4, 0.5) is 13.2 Å². The standard InChI is InChI=1S/C22H25F3/c1-3-5-6-16-11-12-17-13-18(15-9-7-14(4-2)8-10-15)21(24)22(25)19(17)20(16)23/h3,11-15H,1,4-10H2,2H3. The number of hydrogen-bond donors (Lipinski definition) is 0. The van der Waals surface area contributed by atoms with E-state index in [2.05, 4.69) is 13.5 Å². The Labute approximate surface area is 147 Å². The molecule has 3 heteroatoms. The number of hydrogen-bond acceptors (Lipinski definition) is 0. The fraction of sp³-hybridized carbons (Fsp3) is 0.455. The first-order valence-corrected chi connectivity index (χ1v) is 9.26. The number of allylic oxidation sites excluding steroid dienone is 1. The van der Waals surface area contributed by atoms with Gasteiger partial charge in [-0.2, -0.15) is 0 Å². The lowest BCUT2D eigenvalue weighted by atomic mass is 9.77. The van der Waals surface area contributed by atoms with E-state index in [1.165, 1.54) is 0 Å². The van der Waals surface area contributed by atoms with E-state index in [1.54, 1.807) is 24.3 Å². The summed E-state index contributed by atoms with van der Waals surface area (Å²) in [4.78, 5) is 0. The highest BCUT2D eigenvalue weighted by molar-refractivity contribution is 5.85. The van der Waals surface area contributed by atoms with Gasteiger partial charge < -0.3 is 0 Å². The molecule has 2 aromatic rings. The molecule has 25 heavy (non-hydrogen) atoms. The van der Waals surface area contributed by atoms with Gasteiger partial charge in [-0.1, -0.05) is 31.6 Å². The van der Waals surface area contributed by atoms with Gasteiger partial charge in [-0.3, -0.25) is 0 Å². The first-order valence-electron chi connectivity index (χ1n) is 9.26. The quantitative estimate of drug-likeness (QED) is 0.508. The van der Waals surface area contributed by atoms with Gasteiger partial charge in [0.15, 0.2) is 11.6 Å². The van der Waals surface area contributed by atoms with Crippen LogP contribution in [-0.4, -0.2) is 0 Å². The van der Waals surface area contributed by atoms with Crippen molar-refractivity contribution in [1.29, 1.82) is 0 Å². The van der Waals surface area contributed by atoms with Crippen LogP contribution in [-0.2, 0) is 6.42 Å². The second kappa shape index (κ2) is 7.63. The van der Waals surface area contributed by atoms with Gasteiger partial charge in [0, 0.05) is 0 Å². The van der Waals surface area contributed by atoms with E-state index in [9.17, 15) is 13.2 Å². The minimum atomic E-state index is -1.04. The number of benzene rings is 2. The second-order valence-electron chi connectivity index (χ2n) is 7.18. The zero-order valence-corrected chi connectivity index (χ0v) is 14.8. The molecule has 0 bridgehead atoms. The van der Waals surface area contributed by atoms with E-state index in [4.69, 9.17) is 0 Å². The lowest BCUT2D eigenvalue weighted by molar-refractivity contribution is 0.313. The van der Waals surface area contributed by atoms with Crippen LogP contribution < -0.4 is 0 Å². The average Bonchev–Trinajstić information content (AvgIpc) is 2.64. The fourth-order valence-electron chi connectivity index (χ4n) is 4.07. The molecule has 0 amide bonds. The van der Waals surface area contributed by atoms with Crippen LogP contribution in [0.3, 0.4) is 0 Å². The third kappa shape index (κ3) is 3.47. The first-order chi connectivity index (χ1) is 12.1. The molecule has 0 radical (unpaired) electrons. The first kappa shape index (κ1) is 18.0. The lowest BCUT2D eigenvalue weighted by Crippen LogP contribution is -2.14. The third-order valence-corrected chi connectivity index (χ3v) is 5.71. The topological polar surface area (TPSA) is 0 Å². The molecule has 1 saturated carbocycles. The maximum Gasteiger partial charge on any atom is 0.169 e. The Hall–Kier alpha value is -1.77. The summed E-state index contributed by atoms with van der Waals surface area (Å²) in [6.45, 7) is 5.79. The van der Waals surface area contributed by atoms with Crippen molar-refractivity contribution in [3.63, 3.8) is 0 Å².